The Morgan fingerprint density at radius 2 is 1.01 bits per heavy atom. The number of carbonyl (C=O) groups is 11. The van der Waals surface area contributed by atoms with Crippen LogP contribution in [0.4, 0.5) is 0 Å². The van der Waals surface area contributed by atoms with Gasteiger partial charge >= 0.3 is 5.97 Å². The summed E-state index contributed by atoms with van der Waals surface area (Å²) in [4.78, 5) is 164. The molecule has 30 nitrogen and oxygen atoms in total. The van der Waals surface area contributed by atoms with Crippen molar-refractivity contribution in [3.05, 3.63) is 303 Å². The molecule has 1 fully saturated rings. The lowest BCUT2D eigenvalue weighted by Gasteiger charge is -2.37. The van der Waals surface area contributed by atoms with E-state index in [1.54, 1.807) is 130 Å². The normalized spacial score (nSPS) is 14.8. The van der Waals surface area contributed by atoms with E-state index in [4.69, 9.17) is 20.6 Å². The van der Waals surface area contributed by atoms with Crippen LogP contribution in [-0.2, 0) is 93.1 Å². The maximum atomic E-state index is 16.3. The zero-order chi connectivity index (χ0) is 95.8. The van der Waals surface area contributed by atoms with Gasteiger partial charge in [0.15, 0.2) is 0 Å². The number of sulfonamides is 1. The Bertz CT molecular complexity index is 5540. The Kier molecular flexibility index (Phi) is 34.1. The van der Waals surface area contributed by atoms with Gasteiger partial charge in [-0.25, -0.2) is 13.1 Å². The molecule has 7 atom stereocenters. The molecule has 133 heavy (non-hydrogen) atoms. The van der Waals surface area contributed by atoms with Crippen LogP contribution in [0.15, 0.2) is 241 Å². The zero-order valence-corrected chi connectivity index (χ0v) is 77.7. The van der Waals surface area contributed by atoms with Crippen molar-refractivity contribution < 1.29 is 75.7 Å². The van der Waals surface area contributed by atoms with Gasteiger partial charge in [-0.05, 0) is 167 Å². The van der Waals surface area contributed by atoms with Crippen LogP contribution < -0.4 is 73.1 Å². The van der Waals surface area contributed by atoms with E-state index < -0.39 is 171 Å². The first-order chi connectivity index (χ1) is 63.4. The van der Waals surface area contributed by atoms with Gasteiger partial charge in [0.2, 0.25) is 65.0 Å². The topological polar surface area (TPSA) is 446 Å². The summed E-state index contributed by atoms with van der Waals surface area (Å²) in [5.74, 6) is -9.80. The summed E-state index contributed by atoms with van der Waals surface area (Å²) in [6.45, 7) is 14.8. The molecular weight excluding hydrogens is 1730 g/mol. The molecule has 0 bridgehead atoms. The van der Waals surface area contributed by atoms with Crippen LogP contribution >= 0.6 is 11.8 Å². The van der Waals surface area contributed by atoms with Gasteiger partial charge in [0.25, 0.3) is 10.0 Å². The minimum Gasteiger partial charge on any atom is -0.488 e. The molecule has 9 aromatic rings. The molecule has 0 aromatic heterocycles. The summed E-state index contributed by atoms with van der Waals surface area (Å²) >= 11 is 0.989. The fourth-order valence-electron chi connectivity index (χ4n) is 16.8. The highest BCUT2D eigenvalue weighted by Gasteiger charge is 2.45. The molecule has 11 rings (SSSR count). The zero-order valence-electron chi connectivity index (χ0n) is 76.1. The number of rotatable bonds is 42. The van der Waals surface area contributed by atoms with Gasteiger partial charge < -0.3 is 78.4 Å². The van der Waals surface area contributed by atoms with Crippen LogP contribution in [-0.4, -0.2) is 174 Å². The van der Waals surface area contributed by atoms with Gasteiger partial charge in [-0.1, -0.05) is 224 Å². The van der Waals surface area contributed by atoms with E-state index in [1.165, 1.54) is 11.8 Å². The van der Waals surface area contributed by atoms with Crippen molar-refractivity contribution in [2.45, 2.75) is 196 Å². The van der Waals surface area contributed by atoms with Crippen LogP contribution in [0.2, 0.25) is 0 Å². The highest BCUT2D eigenvalue weighted by molar-refractivity contribution is 7.99. The Balaban J connectivity index is 0.927. The average Bonchev–Trinajstić information content (AvgIpc) is 1.72. The van der Waals surface area contributed by atoms with E-state index in [2.05, 4.69) is 57.9 Å². The molecule has 2 aliphatic rings. The molecular formula is C101H118N14O16S2. The molecule has 9 aromatic carbocycles. The van der Waals surface area contributed by atoms with Gasteiger partial charge in [-0.3, -0.25) is 58.1 Å². The van der Waals surface area contributed by atoms with Crippen LogP contribution in [0.5, 0.6) is 11.5 Å². The monoisotopic (exact) mass is 1850 g/mol. The van der Waals surface area contributed by atoms with Crippen LogP contribution in [0.25, 0.3) is 0 Å². The summed E-state index contributed by atoms with van der Waals surface area (Å²) in [5.41, 5.74) is 9.94. The molecule has 15 N–H and O–H groups in total. The molecule has 2 aliphatic heterocycles. The third-order valence-electron chi connectivity index (χ3n) is 23.2. The number of nitrogens with zero attached hydrogens (tertiary/aromatic N) is 1. The number of ether oxygens (including phenoxy) is 2. The molecule has 0 unspecified atom stereocenters. The number of carboxylic acid groups (broad SMARTS) is 1. The van der Waals surface area contributed by atoms with E-state index in [-0.39, 0.29) is 68.1 Å². The molecule has 1 saturated heterocycles. The quantitative estimate of drug-likeness (QED) is 0.00559. The Hall–Kier alpha value is -13.7. The van der Waals surface area contributed by atoms with E-state index in [9.17, 15) is 37.5 Å². The van der Waals surface area contributed by atoms with Gasteiger partial charge in [0.05, 0.1) is 23.2 Å². The third-order valence-corrected chi connectivity index (χ3v) is 25.8. The van der Waals surface area contributed by atoms with Crippen molar-refractivity contribution in [2.24, 2.45) is 5.73 Å². The lowest BCUT2D eigenvalue weighted by Crippen LogP contribution is -2.61. The number of likely N-dealkylation sites (tertiary alicyclic amines) is 1. The predicted octanol–water partition coefficient (Wildman–Crippen LogP) is 8.73. The van der Waals surface area contributed by atoms with Crippen molar-refractivity contribution in [1.29, 1.82) is 5.41 Å². The molecule has 10 amide bonds. The van der Waals surface area contributed by atoms with E-state index in [0.29, 0.717) is 79.1 Å². The highest BCUT2D eigenvalue weighted by atomic mass is 32.2. The number of carbonyl (C=O) groups excluding carboxylic acids is 10. The summed E-state index contributed by atoms with van der Waals surface area (Å²) in [6, 6.07) is 59.5. The Morgan fingerprint density at radius 3 is 1.51 bits per heavy atom. The minimum absolute atomic E-state index is 0.0000864. The van der Waals surface area contributed by atoms with Crippen molar-refractivity contribution in [3.8, 4) is 11.5 Å². The van der Waals surface area contributed by atoms with Crippen molar-refractivity contribution >= 4 is 92.8 Å². The first-order valence-electron chi connectivity index (χ1n) is 44.3. The number of hydrogen-bond acceptors (Lipinski definition) is 18. The molecule has 32 heteroatoms. The SMILES string of the molecule is CC(=O)NCSC[C@H](NC(=O)[C@H](CC(=O)NC(c1ccccc1)(c1ccccc1)c1ccccc1)NC(=O)[C@H](CCC(=O)NC(c1ccccc1)(c1ccccc1)c1ccccc1)NC(=O)[C@H](Cc1ccccc1)NC(=O)[C@@H](N)Cc1ccc(OC(C)(C)C)cc1)C(=O)N1CCC[C@H]1C(=O)N[C@@H](CCCNC(=N)NS(=O)(=O)c1c(C)c(C)c2c(c1C)CC(C)(C)O2)C(=O)NCC(=O)O. The minimum atomic E-state index is -4.37. The molecule has 2 heterocycles. The van der Waals surface area contributed by atoms with Crippen LogP contribution in [0.3, 0.4) is 0 Å². The smallest absolute Gasteiger partial charge is 0.322 e. The van der Waals surface area contributed by atoms with E-state index >= 15 is 28.8 Å². The first kappa shape index (κ1) is 99.8. The number of aliphatic carboxylic acids is 1. The number of nitrogens with two attached hydrogens (primary N) is 1. The fraction of sp³-hybridized carbons (Fsp3) is 0.347. The summed E-state index contributed by atoms with van der Waals surface area (Å²) in [6.07, 6.45) is -1.67. The summed E-state index contributed by atoms with van der Waals surface area (Å²) in [7, 11) is -4.37. The second kappa shape index (κ2) is 45.4. The van der Waals surface area contributed by atoms with Gasteiger partial charge in [-0.2, -0.15) is 0 Å². The number of hydrogen-bond donors (Lipinski definition) is 14. The third kappa shape index (κ3) is 26.4. The van der Waals surface area contributed by atoms with Crippen molar-refractivity contribution in [2.75, 3.05) is 31.3 Å². The van der Waals surface area contributed by atoms with E-state index in [1.807, 2.05) is 162 Å². The number of amides is 10. The average molecular weight is 1850 g/mol. The van der Waals surface area contributed by atoms with Gasteiger partial charge in [0, 0.05) is 50.6 Å². The van der Waals surface area contributed by atoms with Gasteiger partial charge in [0.1, 0.15) is 76.6 Å². The van der Waals surface area contributed by atoms with Crippen LogP contribution in [0.1, 0.15) is 153 Å². The van der Waals surface area contributed by atoms with Crippen molar-refractivity contribution in [1.82, 2.24) is 62.8 Å². The van der Waals surface area contributed by atoms with Gasteiger partial charge in [-0.15, -0.1) is 11.8 Å². The fourth-order valence-corrected chi connectivity index (χ4v) is 19.2. The first-order valence-corrected chi connectivity index (χ1v) is 46.9. The standard InChI is InChI=1S/C101H118N14O16S2/c1-64-65(2)89(66(3)77-60-99(8,9)131-88(64)77)133(128,129)114-97(103)104-55-31-47-79(91(122)105-61-87(119)120)108-95(126)84-48-32-56-115(84)96(127)83(62-132-63-106-67(4)116)111-94(125)82(59-86(118)113-101(73-41-25-14-26-42-73,74-43-27-15-28-44-74)75-45-29-16-30-46-75)110-92(123)80(53-54-85(117)112-100(70-35-19-11-20-36-70,71-37-21-12-22-38-71)72-39-23-13-24-40-72)107-93(124)81(58-68-33-17-10-18-34-68)109-90(121)78(102)57-69-49-51-76(52-50-69)130-98(5,6)7/h10-30,33-46,49-52,78-84H,31-32,47-48,53-63,102H2,1-9H3,(H,105,122)(H,106,116)(H,107,124)(H,108,126)(H,109,121)(H,110,123)(H,111,125)(H,112,117)(H,113,118)(H,119,120)(H3,103,104,114)/t78-,79-,80-,81-,82-,83-,84-/m0/s1. The number of benzene rings is 9. The van der Waals surface area contributed by atoms with E-state index in [0.717, 1.165) is 17.3 Å². The maximum absolute atomic E-state index is 16.3. The molecule has 0 radical (unpaired) electrons. The molecule has 0 saturated carbocycles. The Morgan fingerprint density at radius 1 is 0.549 bits per heavy atom. The second-order valence-electron chi connectivity index (χ2n) is 34.8. The lowest BCUT2D eigenvalue weighted by molar-refractivity contribution is -0.142. The predicted molar refractivity (Wildman–Crippen MR) is 508 cm³/mol. The molecule has 0 aliphatic carbocycles. The van der Waals surface area contributed by atoms with Crippen molar-refractivity contribution in [3.63, 3.8) is 0 Å². The number of guanidine groups is 1. The van der Waals surface area contributed by atoms with Crippen LogP contribution in [0, 0.1) is 26.2 Å². The number of fused-ring (bicyclic) bond motifs is 1. The molecule has 0 spiro atoms. The number of nitrogens with one attached hydrogen (secondary N) is 12. The lowest BCUT2D eigenvalue weighted by atomic mass is 9.77. The Labute approximate surface area is 780 Å². The summed E-state index contributed by atoms with van der Waals surface area (Å²) < 4.78 is 42.7. The maximum Gasteiger partial charge on any atom is 0.322 e. The molecule has 700 valence electrons. The number of carboxylic acids is 1. The highest BCUT2D eigenvalue weighted by Crippen LogP contribution is 2.45. The largest absolute Gasteiger partial charge is 0.488 e. The number of thioether (sulfide) groups is 1. The second-order valence-corrected chi connectivity index (χ2v) is 37.5. The summed E-state index contributed by atoms with van der Waals surface area (Å²) in [5, 5.41) is 46.5.